The Morgan fingerprint density at radius 2 is 1.94 bits per heavy atom. The summed E-state index contributed by atoms with van der Waals surface area (Å²) in [5, 5.41) is 11.6. The summed E-state index contributed by atoms with van der Waals surface area (Å²) >= 11 is 0. The van der Waals surface area contributed by atoms with Crippen molar-refractivity contribution >= 4 is 5.84 Å². The summed E-state index contributed by atoms with van der Waals surface area (Å²) in [5.74, 6) is 1.00. The maximum atomic E-state index is 8.61. The Morgan fingerprint density at radius 1 is 1.38 bits per heavy atom. The van der Waals surface area contributed by atoms with E-state index in [2.05, 4.69) is 12.1 Å². The number of ether oxygens (including phenoxy) is 1. The predicted octanol–water partition coefficient (Wildman–Crippen LogP) is 2.19. The van der Waals surface area contributed by atoms with Crippen LogP contribution in [0.2, 0.25) is 0 Å². The van der Waals surface area contributed by atoms with Gasteiger partial charge in [0.25, 0.3) is 0 Å². The first-order chi connectivity index (χ1) is 7.60. The molecule has 0 radical (unpaired) electrons. The highest BCUT2D eigenvalue weighted by molar-refractivity contribution is 5.97. The lowest BCUT2D eigenvalue weighted by Gasteiger charge is -2.13. The third-order valence-corrected chi connectivity index (χ3v) is 2.31. The van der Waals surface area contributed by atoms with Crippen molar-refractivity contribution < 1.29 is 9.94 Å². The molecule has 1 aromatic rings. The van der Waals surface area contributed by atoms with Gasteiger partial charge in [-0.25, -0.2) is 0 Å². The third kappa shape index (κ3) is 2.66. The summed E-state index contributed by atoms with van der Waals surface area (Å²) < 4.78 is 5.64. The lowest BCUT2D eigenvalue weighted by atomic mass is 10.1. The molecule has 88 valence electrons. The van der Waals surface area contributed by atoms with E-state index in [1.165, 1.54) is 0 Å². The summed E-state index contributed by atoms with van der Waals surface area (Å²) in [4.78, 5) is 0. The minimum Gasteiger partial charge on any atom is -0.493 e. The maximum Gasteiger partial charge on any atom is 0.170 e. The van der Waals surface area contributed by atoms with Gasteiger partial charge in [-0.15, -0.1) is 0 Å². The second-order valence-corrected chi connectivity index (χ2v) is 3.77. The summed E-state index contributed by atoms with van der Waals surface area (Å²) in [7, 11) is 0. The van der Waals surface area contributed by atoms with E-state index in [0.717, 1.165) is 23.3 Å². The van der Waals surface area contributed by atoms with Gasteiger partial charge in [0.05, 0.1) is 6.61 Å². The molecule has 0 fully saturated rings. The normalized spacial score (nSPS) is 11.6. The van der Waals surface area contributed by atoms with Crippen molar-refractivity contribution in [3.05, 3.63) is 28.8 Å². The van der Waals surface area contributed by atoms with Crippen LogP contribution in [0.15, 0.2) is 17.3 Å². The van der Waals surface area contributed by atoms with E-state index in [1.54, 1.807) is 0 Å². The Labute approximate surface area is 95.7 Å². The molecule has 0 aliphatic rings. The molecule has 0 saturated carbocycles. The van der Waals surface area contributed by atoms with Gasteiger partial charge in [0.1, 0.15) is 5.75 Å². The second-order valence-electron chi connectivity index (χ2n) is 3.77. The number of hydrogen-bond acceptors (Lipinski definition) is 3. The fourth-order valence-electron chi connectivity index (χ4n) is 1.59. The van der Waals surface area contributed by atoms with Crippen molar-refractivity contribution in [3.63, 3.8) is 0 Å². The molecule has 0 atom stereocenters. The molecule has 0 heterocycles. The van der Waals surface area contributed by atoms with Crippen LogP contribution in [0.3, 0.4) is 0 Å². The molecule has 1 rings (SSSR count). The maximum absolute atomic E-state index is 8.61. The number of benzene rings is 1. The van der Waals surface area contributed by atoms with Gasteiger partial charge in [-0.2, -0.15) is 0 Å². The van der Waals surface area contributed by atoms with E-state index in [-0.39, 0.29) is 5.84 Å². The van der Waals surface area contributed by atoms with Gasteiger partial charge in [-0.05, 0) is 43.5 Å². The molecule has 16 heavy (non-hydrogen) atoms. The molecule has 0 amide bonds. The molecular formula is C12H18N2O2. The quantitative estimate of drug-likeness (QED) is 0.355. The van der Waals surface area contributed by atoms with Crippen molar-refractivity contribution in [1.29, 1.82) is 0 Å². The monoisotopic (exact) mass is 222 g/mol. The lowest BCUT2D eigenvalue weighted by molar-refractivity contribution is 0.313. The van der Waals surface area contributed by atoms with Crippen LogP contribution in [0.1, 0.15) is 30.0 Å². The highest BCUT2D eigenvalue weighted by Gasteiger charge is 2.08. The first-order valence-corrected chi connectivity index (χ1v) is 5.32. The minimum absolute atomic E-state index is 0.119. The average Bonchev–Trinajstić information content (AvgIpc) is 2.26. The lowest BCUT2D eigenvalue weighted by Crippen LogP contribution is -2.14. The number of nitrogens with zero attached hydrogens (tertiary/aromatic N) is 1. The first-order valence-electron chi connectivity index (χ1n) is 5.32. The van der Waals surface area contributed by atoms with Gasteiger partial charge < -0.3 is 15.7 Å². The smallest absolute Gasteiger partial charge is 0.170 e. The average molecular weight is 222 g/mol. The molecule has 0 bridgehead atoms. The Kier molecular flexibility index (Phi) is 4.17. The molecule has 1 aromatic carbocycles. The second kappa shape index (κ2) is 5.39. The number of hydrogen-bond donors (Lipinski definition) is 2. The van der Waals surface area contributed by atoms with Crippen molar-refractivity contribution in [2.45, 2.75) is 27.2 Å². The summed E-state index contributed by atoms with van der Waals surface area (Å²) in [6.07, 6.45) is 0.973. The first kappa shape index (κ1) is 12.4. The van der Waals surface area contributed by atoms with E-state index in [0.29, 0.717) is 12.2 Å². The van der Waals surface area contributed by atoms with Crippen LogP contribution in [0.5, 0.6) is 5.75 Å². The fraction of sp³-hybridized carbons (Fsp3) is 0.417. The van der Waals surface area contributed by atoms with E-state index in [9.17, 15) is 0 Å². The third-order valence-electron chi connectivity index (χ3n) is 2.31. The minimum atomic E-state index is 0.119. The van der Waals surface area contributed by atoms with E-state index < -0.39 is 0 Å². The number of amidine groups is 1. The van der Waals surface area contributed by atoms with Crippen LogP contribution in [0.4, 0.5) is 0 Å². The highest BCUT2D eigenvalue weighted by Crippen LogP contribution is 2.24. The van der Waals surface area contributed by atoms with Gasteiger partial charge in [0, 0.05) is 5.56 Å². The van der Waals surface area contributed by atoms with E-state index in [1.807, 2.05) is 26.0 Å². The zero-order chi connectivity index (χ0) is 12.1. The molecule has 3 N–H and O–H groups in total. The topological polar surface area (TPSA) is 67.8 Å². The molecule has 0 aliphatic heterocycles. The van der Waals surface area contributed by atoms with Crippen LogP contribution in [-0.2, 0) is 0 Å². The molecule has 4 heteroatoms. The fourth-order valence-corrected chi connectivity index (χ4v) is 1.59. The molecule has 0 spiro atoms. The Bertz CT molecular complexity index is 377. The van der Waals surface area contributed by atoms with Gasteiger partial charge in [-0.3, -0.25) is 0 Å². The largest absolute Gasteiger partial charge is 0.493 e. The highest BCUT2D eigenvalue weighted by atomic mass is 16.5. The van der Waals surface area contributed by atoms with Crippen molar-refractivity contribution in [3.8, 4) is 5.75 Å². The van der Waals surface area contributed by atoms with E-state index in [4.69, 9.17) is 15.7 Å². The number of nitrogens with two attached hydrogens (primary N) is 1. The van der Waals surface area contributed by atoms with Gasteiger partial charge in [0.15, 0.2) is 5.84 Å². The summed E-state index contributed by atoms with van der Waals surface area (Å²) in [6, 6.07) is 3.71. The van der Waals surface area contributed by atoms with Crippen LogP contribution in [0.25, 0.3) is 0 Å². The zero-order valence-electron chi connectivity index (χ0n) is 9.95. The van der Waals surface area contributed by atoms with Crippen molar-refractivity contribution in [2.24, 2.45) is 10.9 Å². The van der Waals surface area contributed by atoms with Gasteiger partial charge in [0.2, 0.25) is 0 Å². The Hall–Kier alpha value is -1.71. The van der Waals surface area contributed by atoms with Gasteiger partial charge >= 0.3 is 0 Å². The van der Waals surface area contributed by atoms with Crippen LogP contribution < -0.4 is 10.5 Å². The summed E-state index contributed by atoms with van der Waals surface area (Å²) in [6.45, 7) is 6.67. The SMILES string of the molecule is CCCOc1c(C)cc(/C(N)=N/O)cc1C. The zero-order valence-corrected chi connectivity index (χ0v) is 9.95. The molecule has 0 aromatic heterocycles. The van der Waals surface area contributed by atoms with Crippen LogP contribution >= 0.6 is 0 Å². The molecule has 0 unspecified atom stereocenters. The Balaban J connectivity index is 3.07. The van der Waals surface area contributed by atoms with Crippen molar-refractivity contribution in [2.75, 3.05) is 6.61 Å². The van der Waals surface area contributed by atoms with Crippen molar-refractivity contribution in [1.82, 2.24) is 0 Å². The number of rotatable bonds is 4. The molecular weight excluding hydrogens is 204 g/mol. The molecule has 4 nitrogen and oxygen atoms in total. The number of oxime groups is 1. The summed E-state index contributed by atoms with van der Waals surface area (Å²) in [5.41, 5.74) is 8.24. The molecule has 0 aliphatic carbocycles. The Morgan fingerprint density at radius 3 is 2.38 bits per heavy atom. The van der Waals surface area contributed by atoms with Gasteiger partial charge in [-0.1, -0.05) is 12.1 Å². The number of aryl methyl sites for hydroxylation is 2. The molecule has 0 saturated heterocycles. The van der Waals surface area contributed by atoms with E-state index >= 15 is 0 Å². The predicted molar refractivity (Wildman–Crippen MR) is 64.2 cm³/mol. The van der Waals surface area contributed by atoms with Crippen LogP contribution in [0, 0.1) is 13.8 Å². The standard InChI is InChI=1S/C12H18N2O2/c1-4-5-16-11-8(2)6-10(7-9(11)3)12(13)14-15/h6-7,15H,4-5H2,1-3H3,(H2,13,14). The van der Waals surface area contributed by atoms with Crippen LogP contribution in [-0.4, -0.2) is 17.6 Å².